The third-order valence-corrected chi connectivity index (χ3v) is 3.42. The molecule has 0 saturated carbocycles. The molecule has 2 amide bonds. The van der Waals surface area contributed by atoms with E-state index in [-0.39, 0.29) is 11.7 Å². The number of urea groups is 1. The summed E-state index contributed by atoms with van der Waals surface area (Å²) in [6.07, 6.45) is 2.83. The van der Waals surface area contributed by atoms with E-state index in [2.05, 4.69) is 4.99 Å². The van der Waals surface area contributed by atoms with Gasteiger partial charge in [0.05, 0.1) is 9.85 Å². The average Bonchev–Trinajstić information content (AvgIpc) is 2.90. The van der Waals surface area contributed by atoms with E-state index in [4.69, 9.17) is 11.5 Å². The normalized spacial score (nSPS) is 20.5. The number of rotatable bonds is 5. The first-order valence-corrected chi connectivity index (χ1v) is 6.81. The van der Waals surface area contributed by atoms with Crippen LogP contribution in [0.3, 0.4) is 0 Å². The lowest BCUT2D eigenvalue weighted by Crippen LogP contribution is -2.50. The molecule has 2 atom stereocenters. The number of carbonyl (C=O) groups excluding carboxylic acids is 1. The minimum absolute atomic E-state index is 0.137. The van der Waals surface area contributed by atoms with Crippen LogP contribution in [0.25, 0.3) is 0 Å². The largest absolute Gasteiger partial charge is 0.429 e. The number of hydrogen-bond donors (Lipinski definition) is 2. The molecule has 1 aliphatic heterocycles. The Balaban J connectivity index is 2.65. The zero-order valence-electron chi connectivity index (χ0n) is 12.7. The van der Waals surface area contributed by atoms with E-state index >= 15 is 0 Å². The van der Waals surface area contributed by atoms with Gasteiger partial charge in [-0.1, -0.05) is 0 Å². The van der Waals surface area contributed by atoms with E-state index in [1.807, 2.05) is 0 Å². The lowest BCUT2D eigenvalue weighted by Gasteiger charge is -2.20. The molecular weight excluding hydrogens is 320 g/mol. The topological polar surface area (TPSA) is 168 Å². The summed E-state index contributed by atoms with van der Waals surface area (Å²) in [5.74, 6) is 0. The van der Waals surface area contributed by atoms with E-state index in [0.717, 1.165) is 24.5 Å². The Morgan fingerprint density at radius 2 is 2.00 bits per heavy atom. The second-order valence-corrected chi connectivity index (χ2v) is 5.35. The van der Waals surface area contributed by atoms with Crippen LogP contribution in [-0.4, -0.2) is 28.3 Å². The molecule has 11 nitrogen and oxygen atoms in total. The molecule has 1 aromatic rings. The summed E-state index contributed by atoms with van der Waals surface area (Å²) in [7, 11) is 0. The van der Waals surface area contributed by atoms with Crippen LogP contribution in [0.5, 0.6) is 0 Å². The van der Waals surface area contributed by atoms with Crippen LogP contribution in [0.4, 0.5) is 21.9 Å². The smallest absolute Gasteiger partial charge is 0.328 e. The van der Waals surface area contributed by atoms with Gasteiger partial charge in [0.25, 0.3) is 5.69 Å². The number of nitrogens with two attached hydrogens (primary N) is 2. The van der Waals surface area contributed by atoms with E-state index < -0.39 is 31.7 Å². The van der Waals surface area contributed by atoms with Crippen molar-refractivity contribution in [3.63, 3.8) is 0 Å². The number of nitro benzene ring substituents is 2. The summed E-state index contributed by atoms with van der Waals surface area (Å²) in [6, 6.07) is 1.79. The highest BCUT2D eigenvalue weighted by Crippen LogP contribution is 2.38. The zero-order valence-corrected chi connectivity index (χ0v) is 12.7. The third kappa shape index (κ3) is 2.98. The van der Waals surface area contributed by atoms with Crippen molar-refractivity contribution in [1.29, 1.82) is 0 Å². The summed E-state index contributed by atoms with van der Waals surface area (Å²) in [5, 5.41) is 22.1. The highest BCUT2D eigenvalue weighted by molar-refractivity contribution is 6.05. The predicted octanol–water partition coefficient (Wildman–Crippen LogP) is 1.51. The van der Waals surface area contributed by atoms with Crippen LogP contribution in [0.2, 0.25) is 0 Å². The van der Waals surface area contributed by atoms with E-state index in [1.165, 1.54) is 6.20 Å². The first-order chi connectivity index (χ1) is 11.2. The van der Waals surface area contributed by atoms with Crippen LogP contribution in [0, 0.1) is 20.2 Å². The maximum Gasteiger partial charge on any atom is 0.429 e. The fraction of sp³-hybridized carbons (Fsp3) is 0.231. The number of nitro groups is 2. The lowest BCUT2D eigenvalue weighted by molar-refractivity contribution is -0.393. The number of hydrogen-bond acceptors (Lipinski definition) is 7. The van der Waals surface area contributed by atoms with E-state index in [9.17, 15) is 25.0 Å². The van der Waals surface area contributed by atoms with Crippen LogP contribution in [0.15, 0.2) is 35.1 Å². The van der Waals surface area contributed by atoms with Crippen molar-refractivity contribution in [2.45, 2.75) is 19.4 Å². The van der Waals surface area contributed by atoms with Gasteiger partial charge in [-0.25, -0.2) is 9.79 Å². The standard InChI is InChI=1S/C13H14N6O5/c1-8(14)4-9-6-19(7-16-9,13(15)20)12-3-2-10(17(21)22)5-11(12)18(23)24/h2-3,5-8H,4,14H2,1H3,(H-,15,20)/p+1/t8-,19?/m1/s1. The predicted molar refractivity (Wildman–Crippen MR) is 86.0 cm³/mol. The first kappa shape index (κ1) is 17.2. The van der Waals surface area contributed by atoms with Gasteiger partial charge in [0.15, 0.2) is 0 Å². The molecule has 0 bridgehead atoms. The Kier molecular flexibility index (Phi) is 4.39. The Labute approximate surface area is 135 Å². The van der Waals surface area contributed by atoms with Crippen molar-refractivity contribution < 1.29 is 14.6 Å². The van der Waals surface area contributed by atoms with Crippen molar-refractivity contribution in [2.75, 3.05) is 0 Å². The quantitative estimate of drug-likeness (QED) is 0.469. The molecular formula is C13H15N6O5+. The molecule has 1 aliphatic rings. The number of carbonyl (C=O) groups is 1. The maximum absolute atomic E-state index is 12.0. The first-order valence-electron chi connectivity index (χ1n) is 6.81. The van der Waals surface area contributed by atoms with Crippen molar-refractivity contribution in [3.05, 3.63) is 50.3 Å². The minimum atomic E-state index is -0.935. The molecule has 24 heavy (non-hydrogen) atoms. The molecule has 11 heteroatoms. The van der Waals surface area contributed by atoms with Crippen LogP contribution in [-0.2, 0) is 0 Å². The number of quaternary nitrogens is 1. The van der Waals surface area contributed by atoms with Crippen LogP contribution < -0.4 is 16.0 Å². The van der Waals surface area contributed by atoms with Crippen LogP contribution in [0.1, 0.15) is 13.3 Å². The fourth-order valence-electron chi connectivity index (χ4n) is 2.36. The summed E-state index contributed by atoms with van der Waals surface area (Å²) in [4.78, 5) is 36.6. The molecule has 2 rings (SSSR count). The molecule has 0 aliphatic carbocycles. The van der Waals surface area contributed by atoms with Gasteiger partial charge in [-0.15, -0.1) is 4.48 Å². The summed E-state index contributed by atoms with van der Waals surface area (Å²) < 4.78 is -0.837. The van der Waals surface area contributed by atoms with Crippen molar-refractivity contribution >= 4 is 29.4 Å². The summed E-state index contributed by atoms with van der Waals surface area (Å²) in [5.41, 5.74) is 10.4. The molecule has 0 fully saturated rings. The molecule has 126 valence electrons. The van der Waals surface area contributed by atoms with Gasteiger partial charge in [0.2, 0.25) is 12.0 Å². The molecule has 0 saturated heterocycles. The lowest BCUT2D eigenvalue weighted by atomic mass is 10.2. The van der Waals surface area contributed by atoms with Gasteiger partial charge in [-0.05, 0) is 6.92 Å². The SMILES string of the molecule is C[C@@H](N)CC1=C[N+](C(N)=O)(c2ccc([N+](=O)[O-])cc2[N+](=O)[O-])C=N1. The Morgan fingerprint density at radius 3 is 2.50 bits per heavy atom. The van der Waals surface area contributed by atoms with Crippen molar-refractivity contribution in [1.82, 2.24) is 4.48 Å². The molecule has 0 spiro atoms. The third-order valence-electron chi connectivity index (χ3n) is 3.42. The van der Waals surface area contributed by atoms with Gasteiger partial charge in [-0.2, -0.15) is 0 Å². The second-order valence-electron chi connectivity index (χ2n) is 5.35. The Hall–Kier alpha value is -3.18. The van der Waals surface area contributed by atoms with E-state index in [0.29, 0.717) is 12.1 Å². The van der Waals surface area contributed by atoms with Crippen molar-refractivity contribution in [3.8, 4) is 0 Å². The average molecular weight is 335 g/mol. The zero-order chi connectivity index (χ0) is 18.1. The summed E-state index contributed by atoms with van der Waals surface area (Å²) in [6.45, 7) is 1.74. The molecule has 4 N–H and O–H groups in total. The van der Waals surface area contributed by atoms with Crippen molar-refractivity contribution in [2.24, 2.45) is 16.5 Å². The summed E-state index contributed by atoms with van der Waals surface area (Å²) >= 11 is 0. The van der Waals surface area contributed by atoms with E-state index in [1.54, 1.807) is 6.92 Å². The van der Waals surface area contributed by atoms with Gasteiger partial charge in [-0.3, -0.25) is 20.2 Å². The number of benzene rings is 1. The Bertz CT molecular complexity index is 787. The number of nitrogens with zero attached hydrogens (tertiary/aromatic N) is 4. The second kappa shape index (κ2) is 6.14. The maximum atomic E-state index is 12.0. The van der Waals surface area contributed by atoms with Gasteiger partial charge < -0.3 is 11.5 Å². The number of aliphatic imine (C=N–C) groups is 1. The molecule has 1 unspecified atom stereocenters. The number of amides is 2. The molecule has 0 aromatic heterocycles. The Morgan fingerprint density at radius 1 is 1.33 bits per heavy atom. The van der Waals surface area contributed by atoms with Crippen LogP contribution >= 0.6 is 0 Å². The fourth-order valence-corrected chi connectivity index (χ4v) is 2.36. The molecule has 1 aromatic carbocycles. The van der Waals surface area contributed by atoms with Gasteiger partial charge in [0, 0.05) is 24.6 Å². The van der Waals surface area contributed by atoms with Gasteiger partial charge in [0.1, 0.15) is 18.0 Å². The number of primary amides is 1. The highest BCUT2D eigenvalue weighted by Gasteiger charge is 2.45. The van der Waals surface area contributed by atoms with Gasteiger partial charge >= 0.3 is 11.7 Å². The highest BCUT2D eigenvalue weighted by atomic mass is 16.6. The number of non-ortho nitro benzene ring substituents is 1. The molecule has 0 radical (unpaired) electrons. The monoisotopic (exact) mass is 335 g/mol. The minimum Gasteiger partial charge on any atom is -0.328 e. The molecule has 1 heterocycles.